The third-order valence-corrected chi connectivity index (χ3v) is 2.31. The highest BCUT2D eigenvalue weighted by atomic mass is 35.5. The molecule has 1 rings (SSSR count). The third-order valence-electron chi connectivity index (χ3n) is 1.67. The standard InChI is InChI=1S/C8H7Cl2F2NO/c1-14-5-3-13-4(2-9)6(7(5)10)8(11)12/h3,8H,2H2,1H3. The minimum absolute atomic E-state index is 0.0764. The number of alkyl halides is 3. The molecule has 78 valence electrons. The molecule has 0 saturated carbocycles. The van der Waals surface area contributed by atoms with Gasteiger partial charge in [-0.15, -0.1) is 11.6 Å². The SMILES string of the molecule is COc1cnc(CCl)c(C(F)F)c1Cl. The molecule has 0 saturated heterocycles. The van der Waals surface area contributed by atoms with E-state index in [0.29, 0.717) is 0 Å². The van der Waals surface area contributed by atoms with E-state index in [1.807, 2.05) is 0 Å². The molecule has 0 unspecified atom stereocenters. The average molecular weight is 242 g/mol. The molecule has 0 radical (unpaired) electrons. The Morgan fingerprint density at radius 2 is 2.21 bits per heavy atom. The molecule has 6 heteroatoms. The normalized spacial score (nSPS) is 10.7. The summed E-state index contributed by atoms with van der Waals surface area (Å²) in [7, 11) is 1.33. The Bertz CT molecular complexity index is 333. The summed E-state index contributed by atoms with van der Waals surface area (Å²) in [6.07, 6.45) is -1.44. The zero-order valence-corrected chi connectivity index (χ0v) is 8.74. The number of aromatic nitrogens is 1. The molecule has 0 atom stereocenters. The summed E-state index contributed by atoms with van der Waals surface area (Å²) in [6, 6.07) is 0. The van der Waals surface area contributed by atoms with Crippen LogP contribution in [0.5, 0.6) is 5.75 Å². The van der Waals surface area contributed by atoms with E-state index in [-0.39, 0.29) is 27.9 Å². The van der Waals surface area contributed by atoms with Crippen LogP contribution < -0.4 is 4.74 Å². The summed E-state index contributed by atoms with van der Waals surface area (Å²) in [5, 5.41) is -0.131. The fourth-order valence-corrected chi connectivity index (χ4v) is 1.52. The topological polar surface area (TPSA) is 22.1 Å². The number of halogens is 4. The number of rotatable bonds is 3. The van der Waals surface area contributed by atoms with Gasteiger partial charge in [0.05, 0.1) is 35.5 Å². The molecule has 14 heavy (non-hydrogen) atoms. The second kappa shape index (κ2) is 4.75. The monoisotopic (exact) mass is 241 g/mol. The lowest BCUT2D eigenvalue weighted by Crippen LogP contribution is -1.99. The molecular weight excluding hydrogens is 235 g/mol. The van der Waals surface area contributed by atoms with Crippen molar-refractivity contribution < 1.29 is 13.5 Å². The molecule has 0 aliphatic rings. The van der Waals surface area contributed by atoms with Gasteiger partial charge in [0.2, 0.25) is 0 Å². The van der Waals surface area contributed by atoms with Gasteiger partial charge in [-0.25, -0.2) is 8.78 Å². The number of ether oxygens (including phenoxy) is 1. The summed E-state index contributed by atoms with van der Waals surface area (Å²) < 4.78 is 29.9. The van der Waals surface area contributed by atoms with Crippen LogP contribution in [0.3, 0.4) is 0 Å². The number of hydrogen-bond acceptors (Lipinski definition) is 2. The lowest BCUT2D eigenvalue weighted by molar-refractivity contribution is 0.149. The highest BCUT2D eigenvalue weighted by molar-refractivity contribution is 6.33. The van der Waals surface area contributed by atoms with Crippen molar-refractivity contribution in [2.75, 3.05) is 7.11 Å². The van der Waals surface area contributed by atoms with E-state index >= 15 is 0 Å². The van der Waals surface area contributed by atoms with Crippen LogP contribution in [-0.2, 0) is 5.88 Å². The van der Waals surface area contributed by atoms with E-state index < -0.39 is 6.43 Å². The Morgan fingerprint density at radius 1 is 1.57 bits per heavy atom. The van der Waals surface area contributed by atoms with Crippen LogP contribution in [0.2, 0.25) is 5.02 Å². The van der Waals surface area contributed by atoms with Crippen molar-refractivity contribution >= 4 is 23.2 Å². The molecular formula is C8H7Cl2F2NO. The maximum atomic E-state index is 12.6. The number of pyridine rings is 1. The van der Waals surface area contributed by atoms with E-state index in [2.05, 4.69) is 4.98 Å². The van der Waals surface area contributed by atoms with Crippen LogP contribution >= 0.6 is 23.2 Å². The lowest BCUT2D eigenvalue weighted by atomic mass is 10.2. The molecule has 0 amide bonds. The second-order valence-electron chi connectivity index (χ2n) is 2.44. The van der Waals surface area contributed by atoms with Gasteiger partial charge in [-0.05, 0) is 0 Å². The molecule has 0 N–H and O–H groups in total. The zero-order chi connectivity index (χ0) is 10.7. The van der Waals surface area contributed by atoms with Crippen LogP contribution in [-0.4, -0.2) is 12.1 Å². The number of nitrogens with zero attached hydrogens (tertiary/aromatic N) is 1. The summed E-state index contributed by atoms with van der Waals surface area (Å²) in [4.78, 5) is 3.73. The minimum Gasteiger partial charge on any atom is -0.494 e. The van der Waals surface area contributed by atoms with Gasteiger partial charge in [-0.2, -0.15) is 0 Å². The Labute approximate surface area is 89.8 Å². The van der Waals surface area contributed by atoms with Gasteiger partial charge in [0.25, 0.3) is 6.43 Å². The number of methoxy groups -OCH3 is 1. The smallest absolute Gasteiger partial charge is 0.267 e. The summed E-state index contributed by atoms with van der Waals surface area (Å²) in [5.74, 6) is 0.0134. The Balaban J connectivity index is 3.31. The van der Waals surface area contributed by atoms with Gasteiger partial charge in [0.1, 0.15) is 0 Å². The van der Waals surface area contributed by atoms with Gasteiger partial charge in [0.15, 0.2) is 5.75 Å². The van der Waals surface area contributed by atoms with Crippen LogP contribution in [0.25, 0.3) is 0 Å². The van der Waals surface area contributed by atoms with E-state index in [9.17, 15) is 8.78 Å². The Kier molecular flexibility index (Phi) is 3.89. The molecule has 0 aliphatic heterocycles. The fourth-order valence-electron chi connectivity index (χ4n) is 0.993. The molecule has 1 heterocycles. The van der Waals surface area contributed by atoms with Crippen molar-refractivity contribution in [3.05, 3.63) is 22.5 Å². The highest BCUT2D eigenvalue weighted by Gasteiger charge is 2.20. The summed E-state index contributed by atoms with van der Waals surface area (Å²) in [6.45, 7) is 0. The molecule has 2 nitrogen and oxygen atoms in total. The van der Waals surface area contributed by atoms with Crippen molar-refractivity contribution in [2.45, 2.75) is 12.3 Å². The van der Waals surface area contributed by atoms with Gasteiger partial charge < -0.3 is 4.74 Å². The first-order chi connectivity index (χ1) is 6.61. The predicted molar refractivity (Wildman–Crippen MR) is 50.3 cm³/mol. The average Bonchev–Trinajstić information content (AvgIpc) is 2.16. The van der Waals surface area contributed by atoms with Crippen LogP contribution in [0.15, 0.2) is 6.20 Å². The van der Waals surface area contributed by atoms with E-state index in [4.69, 9.17) is 27.9 Å². The summed E-state index contributed by atoms with van der Waals surface area (Å²) in [5.41, 5.74) is -0.284. The summed E-state index contributed by atoms with van der Waals surface area (Å²) >= 11 is 11.1. The first-order valence-electron chi connectivity index (χ1n) is 3.67. The van der Waals surface area contributed by atoms with Gasteiger partial charge in [-0.1, -0.05) is 11.6 Å². The molecule has 0 aromatic carbocycles. The lowest BCUT2D eigenvalue weighted by Gasteiger charge is -2.10. The maximum absolute atomic E-state index is 12.6. The van der Waals surface area contributed by atoms with Crippen molar-refractivity contribution in [3.63, 3.8) is 0 Å². The molecule has 0 spiro atoms. The third kappa shape index (κ3) is 2.07. The van der Waals surface area contributed by atoms with Crippen LogP contribution in [0, 0.1) is 0 Å². The molecule has 1 aromatic heterocycles. The molecule has 0 bridgehead atoms. The molecule has 1 aromatic rings. The second-order valence-corrected chi connectivity index (χ2v) is 3.08. The van der Waals surface area contributed by atoms with Gasteiger partial charge in [0, 0.05) is 0 Å². The molecule has 0 fully saturated rings. The van der Waals surface area contributed by atoms with Gasteiger partial charge >= 0.3 is 0 Å². The zero-order valence-electron chi connectivity index (χ0n) is 7.23. The van der Waals surface area contributed by atoms with Gasteiger partial charge in [-0.3, -0.25) is 4.98 Å². The fraction of sp³-hybridized carbons (Fsp3) is 0.375. The van der Waals surface area contributed by atoms with E-state index in [1.165, 1.54) is 13.3 Å². The van der Waals surface area contributed by atoms with E-state index in [1.54, 1.807) is 0 Å². The molecule has 0 aliphatic carbocycles. The van der Waals surface area contributed by atoms with Crippen molar-refractivity contribution in [1.82, 2.24) is 4.98 Å². The maximum Gasteiger partial charge on any atom is 0.267 e. The minimum atomic E-state index is -2.71. The van der Waals surface area contributed by atoms with Crippen molar-refractivity contribution in [3.8, 4) is 5.75 Å². The largest absolute Gasteiger partial charge is 0.494 e. The first kappa shape index (κ1) is 11.5. The van der Waals surface area contributed by atoms with Crippen molar-refractivity contribution in [2.24, 2.45) is 0 Å². The quantitative estimate of drug-likeness (QED) is 0.757. The predicted octanol–water partition coefficient (Wildman–Crippen LogP) is 3.42. The van der Waals surface area contributed by atoms with E-state index in [0.717, 1.165) is 0 Å². The Hall–Kier alpha value is -0.610. The first-order valence-corrected chi connectivity index (χ1v) is 4.58. The van der Waals surface area contributed by atoms with Crippen LogP contribution in [0.4, 0.5) is 8.78 Å². The van der Waals surface area contributed by atoms with Crippen molar-refractivity contribution in [1.29, 1.82) is 0 Å². The highest BCUT2D eigenvalue weighted by Crippen LogP contribution is 2.35. The Morgan fingerprint density at radius 3 is 2.64 bits per heavy atom. The van der Waals surface area contributed by atoms with Crippen LogP contribution in [0.1, 0.15) is 17.7 Å². The number of hydrogen-bond donors (Lipinski definition) is 0.